The van der Waals surface area contributed by atoms with Crippen molar-refractivity contribution in [1.29, 1.82) is 0 Å². The van der Waals surface area contributed by atoms with Crippen molar-refractivity contribution in [3.05, 3.63) is 0 Å². The van der Waals surface area contributed by atoms with Gasteiger partial charge in [0.05, 0.1) is 0 Å². The molecule has 0 spiro atoms. The predicted octanol–water partition coefficient (Wildman–Crippen LogP) is 1.75. The van der Waals surface area contributed by atoms with Crippen LogP contribution in [0.2, 0.25) is 0 Å². The van der Waals surface area contributed by atoms with Crippen LogP contribution in [0.15, 0.2) is 0 Å². The van der Waals surface area contributed by atoms with E-state index in [2.05, 4.69) is 12.2 Å². The molecule has 1 saturated heterocycles. The van der Waals surface area contributed by atoms with Crippen LogP contribution in [0.1, 0.15) is 39.0 Å². The molecule has 2 heteroatoms. The van der Waals surface area contributed by atoms with Crippen molar-refractivity contribution in [3.8, 4) is 0 Å². The normalized spacial score (nSPS) is 31.3. The minimum absolute atomic E-state index is 0.331. The zero-order chi connectivity index (χ0) is 9.31. The molecular formula is C11H19NO. The average Bonchev–Trinajstić information content (AvgIpc) is 2.53. The van der Waals surface area contributed by atoms with E-state index >= 15 is 0 Å². The first-order valence-corrected chi connectivity index (χ1v) is 5.43. The molecule has 2 nitrogen and oxygen atoms in total. The van der Waals surface area contributed by atoms with Gasteiger partial charge in [-0.1, -0.05) is 13.3 Å². The lowest BCUT2D eigenvalue weighted by atomic mass is 9.66. The zero-order valence-corrected chi connectivity index (χ0v) is 8.44. The van der Waals surface area contributed by atoms with Crippen molar-refractivity contribution in [3.63, 3.8) is 0 Å². The van der Waals surface area contributed by atoms with E-state index in [9.17, 15) is 4.79 Å². The lowest BCUT2D eigenvalue weighted by Gasteiger charge is -2.38. The van der Waals surface area contributed by atoms with Gasteiger partial charge >= 0.3 is 0 Å². The molecule has 0 aromatic rings. The summed E-state index contributed by atoms with van der Waals surface area (Å²) in [6.45, 7) is 4.22. The Kier molecular flexibility index (Phi) is 2.41. The number of carbonyl (C=O) groups is 1. The summed E-state index contributed by atoms with van der Waals surface area (Å²) in [5.41, 5.74) is 0.375. The van der Waals surface area contributed by atoms with Crippen LogP contribution >= 0.6 is 0 Å². The Morgan fingerprint density at radius 1 is 1.54 bits per heavy atom. The second kappa shape index (κ2) is 3.41. The number of ketones is 1. The second-order valence-electron chi connectivity index (χ2n) is 5.00. The molecule has 1 aliphatic carbocycles. The third-order valence-electron chi connectivity index (χ3n) is 3.68. The van der Waals surface area contributed by atoms with Crippen LogP contribution in [0.5, 0.6) is 0 Å². The monoisotopic (exact) mass is 181 g/mol. The molecule has 0 radical (unpaired) electrons. The van der Waals surface area contributed by atoms with Crippen molar-refractivity contribution in [2.75, 3.05) is 13.1 Å². The Morgan fingerprint density at radius 3 is 2.77 bits per heavy atom. The molecule has 0 bridgehead atoms. The van der Waals surface area contributed by atoms with Gasteiger partial charge in [-0.25, -0.2) is 0 Å². The van der Waals surface area contributed by atoms with Gasteiger partial charge in [-0.05, 0) is 31.2 Å². The molecule has 2 fully saturated rings. The molecule has 1 heterocycles. The molecule has 1 atom stereocenters. The number of nitrogens with one attached hydrogen (secondary N) is 1. The smallest absolute Gasteiger partial charge is 0.137 e. The minimum atomic E-state index is 0.331. The molecule has 1 N–H and O–H groups in total. The maximum atomic E-state index is 11.8. The van der Waals surface area contributed by atoms with E-state index in [0.717, 1.165) is 25.9 Å². The second-order valence-corrected chi connectivity index (χ2v) is 5.00. The number of rotatable bonds is 3. The highest BCUT2D eigenvalue weighted by atomic mass is 16.1. The molecule has 0 aromatic carbocycles. The van der Waals surface area contributed by atoms with Crippen LogP contribution in [-0.4, -0.2) is 18.9 Å². The predicted molar refractivity (Wildman–Crippen MR) is 52.6 cm³/mol. The number of Topliss-reactive ketones (excluding diaryl/α,β-unsaturated/α-hetero) is 1. The minimum Gasteiger partial charge on any atom is -0.316 e. The fourth-order valence-electron chi connectivity index (χ4n) is 2.45. The van der Waals surface area contributed by atoms with Crippen LogP contribution in [0.25, 0.3) is 0 Å². The van der Waals surface area contributed by atoms with Crippen LogP contribution in [0.3, 0.4) is 0 Å². The van der Waals surface area contributed by atoms with Gasteiger partial charge < -0.3 is 5.32 Å². The molecular weight excluding hydrogens is 162 g/mol. The molecule has 2 aliphatic rings. The third-order valence-corrected chi connectivity index (χ3v) is 3.68. The molecule has 0 amide bonds. The molecule has 1 aliphatic heterocycles. The average molecular weight is 181 g/mol. The van der Waals surface area contributed by atoms with Crippen LogP contribution in [-0.2, 0) is 4.79 Å². The lowest BCUT2D eigenvalue weighted by Crippen LogP contribution is -2.31. The summed E-state index contributed by atoms with van der Waals surface area (Å²) >= 11 is 0. The molecule has 74 valence electrons. The van der Waals surface area contributed by atoms with Crippen molar-refractivity contribution in [2.45, 2.75) is 39.0 Å². The van der Waals surface area contributed by atoms with Gasteiger partial charge in [0.25, 0.3) is 0 Å². The maximum Gasteiger partial charge on any atom is 0.137 e. The number of carbonyl (C=O) groups excluding carboxylic acids is 1. The first kappa shape index (κ1) is 9.20. The van der Waals surface area contributed by atoms with Gasteiger partial charge in [0.15, 0.2) is 0 Å². The van der Waals surface area contributed by atoms with Gasteiger partial charge in [0.1, 0.15) is 5.78 Å². The van der Waals surface area contributed by atoms with Gasteiger partial charge in [-0.15, -0.1) is 0 Å². The van der Waals surface area contributed by atoms with Crippen molar-refractivity contribution in [1.82, 2.24) is 5.32 Å². The lowest BCUT2D eigenvalue weighted by molar-refractivity contribution is -0.125. The number of hydrogen-bond acceptors (Lipinski definition) is 2. The first-order chi connectivity index (χ1) is 6.20. The molecule has 1 unspecified atom stereocenters. The molecule has 0 aromatic heterocycles. The van der Waals surface area contributed by atoms with Gasteiger partial charge in [-0.2, -0.15) is 0 Å². The standard InChI is InChI=1S/C11H19NO/c1-11(4-2-5-11)7-10(13)9-3-6-12-8-9/h9,12H,2-8H2,1H3. The Labute approximate surface area is 80.1 Å². The number of hydrogen-bond donors (Lipinski definition) is 1. The van der Waals surface area contributed by atoms with E-state index in [1.165, 1.54) is 19.3 Å². The van der Waals surface area contributed by atoms with Crippen molar-refractivity contribution >= 4 is 5.78 Å². The van der Waals surface area contributed by atoms with E-state index < -0.39 is 0 Å². The largest absolute Gasteiger partial charge is 0.316 e. The summed E-state index contributed by atoms with van der Waals surface area (Å²) in [4.78, 5) is 11.8. The summed E-state index contributed by atoms with van der Waals surface area (Å²) in [6.07, 6.45) is 5.75. The summed E-state index contributed by atoms with van der Waals surface area (Å²) in [7, 11) is 0. The summed E-state index contributed by atoms with van der Waals surface area (Å²) in [6, 6.07) is 0. The van der Waals surface area contributed by atoms with Crippen LogP contribution in [0.4, 0.5) is 0 Å². The SMILES string of the molecule is CC1(CC(=O)C2CCNC2)CCC1. The zero-order valence-electron chi connectivity index (χ0n) is 8.44. The third kappa shape index (κ3) is 1.93. The molecule has 13 heavy (non-hydrogen) atoms. The Bertz CT molecular complexity index is 202. The van der Waals surface area contributed by atoms with Crippen molar-refractivity contribution in [2.24, 2.45) is 11.3 Å². The maximum absolute atomic E-state index is 11.8. The van der Waals surface area contributed by atoms with Crippen LogP contribution in [0, 0.1) is 11.3 Å². The fraction of sp³-hybridized carbons (Fsp3) is 0.909. The summed E-state index contributed by atoms with van der Waals surface area (Å²) < 4.78 is 0. The van der Waals surface area contributed by atoms with Gasteiger partial charge in [-0.3, -0.25) is 4.79 Å². The molecule has 1 saturated carbocycles. The van der Waals surface area contributed by atoms with E-state index in [0.29, 0.717) is 17.1 Å². The van der Waals surface area contributed by atoms with E-state index in [-0.39, 0.29) is 0 Å². The van der Waals surface area contributed by atoms with E-state index in [1.807, 2.05) is 0 Å². The van der Waals surface area contributed by atoms with Gasteiger partial charge in [0.2, 0.25) is 0 Å². The van der Waals surface area contributed by atoms with E-state index in [4.69, 9.17) is 0 Å². The highest BCUT2D eigenvalue weighted by Gasteiger charge is 2.36. The quantitative estimate of drug-likeness (QED) is 0.718. The van der Waals surface area contributed by atoms with Crippen LogP contribution < -0.4 is 5.32 Å². The molecule has 2 rings (SSSR count). The summed E-state index contributed by atoms with van der Waals surface area (Å²) in [5, 5.41) is 3.25. The van der Waals surface area contributed by atoms with Gasteiger partial charge in [0, 0.05) is 18.9 Å². The highest BCUT2D eigenvalue weighted by Crippen LogP contribution is 2.44. The topological polar surface area (TPSA) is 29.1 Å². The Hall–Kier alpha value is -0.370. The Balaban J connectivity index is 1.83. The van der Waals surface area contributed by atoms with Crippen molar-refractivity contribution < 1.29 is 4.79 Å². The fourth-order valence-corrected chi connectivity index (χ4v) is 2.45. The first-order valence-electron chi connectivity index (χ1n) is 5.43. The highest BCUT2D eigenvalue weighted by molar-refractivity contribution is 5.82. The summed E-state index contributed by atoms with van der Waals surface area (Å²) in [5.74, 6) is 0.838. The Morgan fingerprint density at radius 2 is 2.31 bits per heavy atom. The van der Waals surface area contributed by atoms with E-state index in [1.54, 1.807) is 0 Å².